The Morgan fingerprint density at radius 3 is 2.15 bits per heavy atom. The maximum Gasteiger partial charge on any atom is 0.231 e. The standard InChI is InChI=1S/C13H27N7/c1-9(2)20(10(3)4)8-7-15-12-16-11(14)17-13(18-12)19(5)6/h9-10H,7-8H2,1-6H3,(H3,14,15,16,17,18). The molecule has 1 aromatic heterocycles. The Morgan fingerprint density at radius 1 is 1.05 bits per heavy atom. The molecule has 1 heterocycles. The molecule has 20 heavy (non-hydrogen) atoms. The number of rotatable bonds is 7. The van der Waals surface area contributed by atoms with E-state index in [1.807, 2.05) is 14.1 Å². The molecule has 0 atom stereocenters. The van der Waals surface area contributed by atoms with Gasteiger partial charge in [-0.3, -0.25) is 4.90 Å². The van der Waals surface area contributed by atoms with E-state index in [9.17, 15) is 0 Å². The molecule has 0 saturated heterocycles. The van der Waals surface area contributed by atoms with Gasteiger partial charge in [0.1, 0.15) is 0 Å². The summed E-state index contributed by atoms with van der Waals surface area (Å²) in [5.41, 5.74) is 5.69. The molecule has 7 heteroatoms. The van der Waals surface area contributed by atoms with Crippen LogP contribution in [-0.2, 0) is 0 Å². The fourth-order valence-electron chi connectivity index (χ4n) is 2.07. The largest absolute Gasteiger partial charge is 0.368 e. The zero-order valence-electron chi connectivity index (χ0n) is 13.4. The molecule has 0 amide bonds. The first kappa shape index (κ1) is 16.4. The van der Waals surface area contributed by atoms with E-state index >= 15 is 0 Å². The Kier molecular flexibility index (Phi) is 5.94. The minimum atomic E-state index is 0.232. The highest BCUT2D eigenvalue weighted by Gasteiger charge is 2.13. The van der Waals surface area contributed by atoms with Crippen molar-refractivity contribution in [3.63, 3.8) is 0 Å². The van der Waals surface area contributed by atoms with E-state index in [0.717, 1.165) is 13.1 Å². The van der Waals surface area contributed by atoms with Crippen molar-refractivity contribution in [2.24, 2.45) is 0 Å². The third-order valence-corrected chi connectivity index (χ3v) is 3.02. The molecule has 0 spiro atoms. The molecular weight excluding hydrogens is 254 g/mol. The van der Waals surface area contributed by atoms with Gasteiger partial charge in [0.05, 0.1) is 0 Å². The van der Waals surface area contributed by atoms with Crippen LogP contribution in [0.1, 0.15) is 27.7 Å². The average Bonchev–Trinajstić information content (AvgIpc) is 2.32. The second-order valence-electron chi connectivity index (χ2n) is 5.56. The van der Waals surface area contributed by atoms with Gasteiger partial charge in [0, 0.05) is 39.3 Å². The molecule has 1 rings (SSSR count). The van der Waals surface area contributed by atoms with E-state index in [1.165, 1.54) is 0 Å². The highest BCUT2D eigenvalue weighted by atomic mass is 15.3. The number of nitrogens with two attached hydrogens (primary N) is 1. The van der Waals surface area contributed by atoms with E-state index in [4.69, 9.17) is 5.73 Å². The summed E-state index contributed by atoms with van der Waals surface area (Å²) in [7, 11) is 3.75. The van der Waals surface area contributed by atoms with E-state index in [-0.39, 0.29) is 5.95 Å². The molecule has 7 nitrogen and oxygen atoms in total. The average molecular weight is 281 g/mol. The van der Waals surface area contributed by atoms with Gasteiger partial charge in [-0.2, -0.15) is 15.0 Å². The lowest BCUT2D eigenvalue weighted by atomic mass is 10.2. The van der Waals surface area contributed by atoms with Crippen LogP contribution in [0.25, 0.3) is 0 Å². The van der Waals surface area contributed by atoms with Crippen LogP contribution < -0.4 is 16.0 Å². The molecular formula is C13H27N7. The van der Waals surface area contributed by atoms with Gasteiger partial charge in [0.25, 0.3) is 0 Å². The smallest absolute Gasteiger partial charge is 0.231 e. The fraction of sp³-hybridized carbons (Fsp3) is 0.769. The van der Waals surface area contributed by atoms with Crippen molar-refractivity contribution in [2.45, 2.75) is 39.8 Å². The highest BCUT2D eigenvalue weighted by Crippen LogP contribution is 2.09. The first-order chi connectivity index (χ1) is 9.31. The van der Waals surface area contributed by atoms with Crippen molar-refractivity contribution in [2.75, 3.05) is 43.1 Å². The van der Waals surface area contributed by atoms with Crippen LogP contribution in [0.3, 0.4) is 0 Å². The maximum absolute atomic E-state index is 5.69. The summed E-state index contributed by atoms with van der Waals surface area (Å²) in [5, 5.41) is 3.21. The topological polar surface area (TPSA) is 83.2 Å². The molecule has 114 valence electrons. The predicted molar refractivity (Wildman–Crippen MR) is 84.0 cm³/mol. The summed E-state index contributed by atoms with van der Waals surface area (Å²) >= 11 is 0. The third kappa shape index (κ3) is 4.80. The second kappa shape index (κ2) is 7.23. The Morgan fingerprint density at radius 2 is 1.65 bits per heavy atom. The van der Waals surface area contributed by atoms with Gasteiger partial charge < -0.3 is 16.0 Å². The van der Waals surface area contributed by atoms with Crippen molar-refractivity contribution in [1.82, 2.24) is 19.9 Å². The lowest BCUT2D eigenvalue weighted by Gasteiger charge is -2.30. The fourth-order valence-corrected chi connectivity index (χ4v) is 2.07. The van der Waals surface area contributed by atoms with Crippen LogP contribution >= 0.6 is 0 Å². The summed E-state index contributed by atoms with van der Waals surface area (Å²) in [6, 6.07) is 1.02. The molecule has 1 aromatic rings. The summed E-state index contributed by atoms with van der Waals surface area (Å²) < 4.78 is 0. The summed E-state index contributed by atoms with van der Waals surface area (Å²) in [5.74, 6) is 1.31. The van der Waals surface area contributed by atoms with Gasteiger partial charge >= 0.3 is 0 Å². The Hall–Kier alpha value is -1.63. The highest BCUT2D eigenvalue weighted by molar-refractivity contribution is 5.40. The molecule has 0 aliphatic heterocycles. The molecule has 0 aliphatic carbocycles. The van der Waals surface area contributed by atoms with E-state index in [2.05, 4.69) is 52.9 Å². The zero-order chi connectivity index (χ0) is 15.3. The number of nitrogen functional groups attached to an aromatic ring is 1. The lowest BCUT2D eigenvalue weighted by Crippen LogP contribution is -2.40. The van der Waals surface area contributed by atoms with Crippen LogP contribution in [0.5, 0.6) is 0 Å². The monoisotopic (exact) mass is 281 g/mol. The number of aromatic nitrogens is 3. The Labute approximate surface area is 121 Å². The van der Waals surface area contributed by atoms with Gasteiger partial charge in [-0.05, 0) is 27.7 Å². The molecule has 0 saturated carbocycles. The maximum atomic E-state index is 5.69. The van der Waals surface area contributed by atoms with Crippen LogP contribution in [0, 0.1) is 0 Å². The second-order valence-corrected chi connectivity index (χ2v) is 5.56. The first-order valence-electron chi connectivity index (χ1n) is 6.99. The van der Waals surface area contributed by atoms with Crippen molar-refractivity contribution in [1.29, 1.82) is 0 Å². The normalized spacial score (nSPS) is 11.4. The van der Waals surface area contributed by atoms with Crippen molar-refractivity contribution in [3.05, 3.63) is 0 Å². The number of nitrogens with one attached hydrogen (secondary N) is 1. The summed E-state index contributed by atoms with van der Waals surface area (Å²) in [4.78, 5) is 16.7. The molecule has 0 unspecified atom stereocenters. The van der Waals surface area contributed by atoms with Crippen LogP contribution in [0.15, 0.2) is 0 Å². The van der Waals surface area contributed by atoms with Crippen LogP contribution in [-0.4, -0.2) is 59.1 Å². The molecule has 3 N–H and O–H groups in total. The van der Waals surface area contributed by atoms with E-state index in [0.29, 0.717) is 24.0 Å². The summed E-state index contributed by atoms with van der Waals surface area (Å²) in [6.45, 7) is 10.5. The van der Waals surface area contributed by atoms with Gasteiger partial charge in [0.2, 0.25) is 17.8 Å². The van der Waals surface area contributed by atoms with Crippen molar-refractivity contribution >= 4 is 17.8 Å². The van der Waals surface area contributed by atoms with Gasteiger partial charge in [0.15, 0.2) is 0 Å². The SMILES string of the molecule is CC(C)N(CCNc1nc(N)nc(N(C)C)n1)C(C)C. The number of nitrogens with zero attached hydrogens (tertiary/aromatic N) is 5. The van der Waals surface area contributed by atoms with Crippen molar-refractivity contribution < 1.29 is 0 Å². The molecule has 0 aliphatic rings. The number of hydrogen-bond acceptors (Lipinski definition) is 7. The minimum absolute atomic E-state index is 0.232. The minimum Gasteiger partial charge on any atom is -0.368 e. The zero-order valence-corrected chi connectivity index (χ0v) is 13.4. The quantitative estimate of drug-likeness (QED) is 0.773. The Bertz CT molecular complexity index is 409. The van der Waals surface area contributed by atoms with Gasteiger partial charge in [-0.1, -0.05) is 0 Å². The predicted octanol–water partition coefficient (Wildman–Crippen LogP) is 1.05. The van der Waals surface area contributed by atoms with Crippen molar-refractivity contribution in [3.8, 4) is 0 Å². The number of anilines is 3. The third-order valence-electron chi connectivity index (χ3n) is 3.02. The summed E-state index contributed by atoms with van der Waals surface area (Å²) in [6.07, 6.45) is 0. The molecule has 0 fully saturated rings. The first-order valence-corrected chi connectivity index (χ1v) is 6.99. The Balaban J connectivity index is 2.61. The van der Waals surface area contributed by atoms with E-state index in [1.54, 1.807) is 4.90 Å². The van der Waals surface area contributed by atoms with Crippen LogP contribution in [0.4, 0.5) is 17.8 Å². The van der Waals surface area contributed by atoms with E-state index < -0.39 is 0 Å². The lowest BCUT2D eigenvalue weighted by molar-refractivity contribution is 0.182. The van der Waals surface area contributed by atoms with Crippen LogP contribution in [0.2, 0.25) is 0 Å². The van der Waals surface area contributed by atoms with Gasteiger partial charge in [-0.25, -0.2) is 0 Å². The molecule has 0 aromatic carbocycles. The number of hydrogen-bond donors (Lipinski definition) is 2. The molecule has 0 bridgehead atoms. The van der Waals surface area contributed by atoms with Gasteiger partial charge in [-0.15, -0.1) is 0 Å². The molecule has 0 radical (unpaired) electrons.